The third kappa shape index (κ3) is 3.32. The van der Waals surface area contributed by atoms with Crippen LogP contribution in [0.15, 0.2) is 64.8 Å². The SMILES string of the molecule is O=C1OC(c2ccc(Cl)c([N+](=O)[O-])c2)=N/C1=C\C1=Cc2ccccc2OC1. The molecule has 2 aromatic rings. The van der Waals surface area contributed by atoms with Crippen LogP contribution in [0, 0.1) is 10.1 Å². The standard InChI is InChI=1S/C19H11ClN2O5/c20-14-6-5-13(9-16(14)22(24)25)18-21-15(19(23)27-18)8-11-7-12-3-1-2-4-17(12)26-10-11/h1-9H,10H2/b15-8-. The Balaban J connectivity index is 1.66. The van der Waals surface area contributed by atoms with Gasteiger partial charge in [0, 0.05) is 17.2 Å². The van der Waals surface area contributed by atoms with Crippen molar-refractivity contribution in [1.29, 1.82) is 0 Å². The molecule has 2 aromatic carbocycles. The molecule has 0 saturated carbocycles. The van der Waals surface area contributed by atoms with E-state index in [1.54, 1.807) is 6.08 Å². The molecule has 0 atom stereocenters. The molecule has 0 amide bonds. The van der Waals surface area contributed by atoms with Crippen LogP contribution in [0.3, 0.4) is 0 Å². The molecular weight excluding hydrogens is 372 g/mol. The Labute approximate surface area is 158 Å². The van der Waals surface area contributed by atoms with Crippen molar-refractivity contribution in [2.24, 2.45) is 4.99 Å². The van der Waals surface area contributed by atoms with E-state index in [0.717, 1.165) is 16.9 Å². The van der Waals surface area contributed by atoms with Crippen molar-refractivity contribution in [3.05, 3.63) is 86.1 Å². The van der Waals surface area contributed by atoms with Gasteiger partial charge in [-0.05, 0) is 35.9 Å². The number of fused-ring (bicyclic) bond motifs is 1. The van der Waals surface area contributed by atoms with Gasteiger partial charge in [0.25, 0.3) is 5.69 Å². The number of hydrogen-bond donors (Lipinski definition) is 0. The predicted octanol–water partition coefficient (Wildman–Crippen LogP) is 3.91. The van der Waals surface area contributed by atoms with Crippen molar-refractivity contribution in [1.82, 2.24) is 0 Å². The van der Waals surface area contributed by atoms with Crippen LogP contribution in [0.25, 0.3) is 6.08 Å². The first-order chi connectivity index (χ1) is 13.0. The molecule has 0 fully saturated rings. The lowest BCUT2D eigenvalue weighted by Crippen LogP contribution is -2.08. The molecule has 8 heteroatoms. The fourth-order valence-electron chi connectivity index (χ4n) is 2.71. The molecule has 0 spiro atoms. The average molecular weight is 383 g/mol. The number of para-hydroxylation sites is 1. The second-order valence-corrected chi connectivity index (χ2v) is 6.21. The number of benzene rings is 2. The first-order valence-corrected chi connectivity index (χ1v) is 8.28. The minimum atomic E-state index is -0.637. The first-order valence-electron chi connectivity index (χ1n) is 7.90. The number of carbonyl (C=O) groups is 1. The van der Waals surface area contributed by atoms with E-state index in [-0.39, 0.29) is 22.3 Å². The molecule has 0 radical (unpaired) electrons. The normalized spacial score (nSPS) is 16.9. The summed E-state index contributed by atoms with van der Waals surface area (Å²) in [6, 6.07) is 11.6. The predicted molar refractivity (Wildman–Crippen MR) is 98.7 cm³/mol. The van der Waals surface area contributed by atoms with Gasteiger partial charge in [0.15, 0.2) is 5.70 Å². The summed E-state index contributed by atoms with van der Waals surface area (Å²) in [7, 11) is 0. The maximum atomic E-state index is 12.1. The van der Waals surface area contributed by atoms with E-state index >= 15 is 0 Å². The van der Waals surface area contributed by atoms with Gasteiger partial charge in [-0.25, -0.2) is 9.79 Å². The van der Waals surface area contributed by atoms with Crippen LogP contribution in [0.1, 0.15) is 11.1 Å². The van der Waals surface area contributed by atoms with Crippen LogP contribution in [0.4, 0.5) is 5.69 Å². The molecule has 2 aliphatic heterocycles. The highest BCUT2D eigenvalue weighted by molar-refractivity contribution is 6.32. The molecule has 4 rings (SSSR count). The highest BCUT2D eigenvalue weighted by atomic mass is 35.5. The van der Waals surface area contributed by atoms with E-state index in [4.69, 9.17) is 21.1 Å². The lowest BCUT2D eigenvalue weighted by Gasteiger charge is -2.15. The molecule has 0 unspecified atom stereocenters. The molecule has 2 heterocycles. The Hall–Kier alpha value is -3.45. The molecule has 0 saturated heterocycles. The maximum Gasteiger partial charge on any atom is 0.363 e. The first kappa shape index (κ1) is 17.0. The summed E-state index contributed by atoms with van der Waals surface area (Å²) in [4.78, 5) is 26.7. The van der Waals surface area contributed by atoms with Crippen molar-refractivity contribution in [2.45, 2.75) is 0 Å². The number of hydrogen-bond acceptors (Lipinski definition) is 6. The number of nitro groups is 1. The molecular formula is C19H11ClN2O5. The fourth-order valence-corrected chi connectivity index (χ4v) is 2.90. The summed E-state index contributed by atoms with van der Waals surface area (Å²) in [5.74, 6) is 0.123. The maximum absolute atomic E-state index is 12.1. The zero-order valence-corrected chi connectivity index (χ0v) is 14.5. The zero-order valence-electron chi connectivity index (χ0n) is 13.7. The summed E-state index contributed by atoms with van der Waals surface area (Å²) >= 11 is 5.80. The molecule has 2 aliphatic rings. The fraction of sp³-hybridized carbons (Fsp3) is 0.0526. The molecule has 0 aromatic heterocycles. The van der Waals surface area contributed by atoms with Crippen LogP contribution < -0.4 is 4.74 Å². The van der Waals surface area contributed by atoms with E-state index in [0.29, 0.717) is 12.2 Å². The monoisotopic (exact) mass is 382 g/mol. The van der Waals surface area contributed by atoms with E-state index in [1.165, 1.54) is 18.2 Å². The molecule has 7 nitrogen and oxygen atoms in total. The Morgan fingerprint density at radius 3 is 2.85 bits per heavy atom. The van der Waals surface area contributed by atoms with E-state index in [9.17, 15) is 14.9 Å². The zero-order chi connectivity index (χ0) is 19.0. The smallest absolute Gasteiger partial charge is 0.363 e. The summed E-state index contributed by atoms with van der Waals surface area (Å²) in [5, 5.41) is 11.0. The Kier molecular flexibility index (Phi) is 4.21. The number of ether oxygens (including phenoxy) is 2. The number of nitrogens with zero attached hydrogens (tertiary/aromatic N) is 2. The Bertz CT molecular complexity index is 1070. The second-order valence-electron chi connectivity index (χ2n) is 5.81. The molecule has 0 bridgehead atoms. The van der Waals surface area contributed by atoms with Crippen LogP contribution in [-0.4, -0.2) is 23.4 Å². The van der Waals surface area contributed by atoms with Crippen molar-refractivity contribution < 1.29 is 19.2 Å². The summed E-state index contributed by atoms with van der Waals surface area (Å²) < 4.78 is 10.8. The quantitative estimate of drug-likeness (QED) is 0.347. The highest BCUT2D eigenvalue weighted by Gasteiger charge is 2.26. The van der Waals surface area contributed by atoms with Crippen LogP contribution in [-0.2, 0) is 9.53 Å². The van der Waals surface area contributed by atoms with Gasteiger partial charge < -0.3 is 9.47 Å². The summed E-state index contributed by atoms with van der Waals surface area (Å²) in [6.45, 7) is 0.297. The van der Waals surface area contributed by atoms with Crippen LogP contribution in [0.2, 0.25) is 5.02 Å². The molecule has 134 valence electrons. The summed E-state index contributed by atoms with van der Waals surface area (Å²) in [5.41, 5.74) is 1.76. The Morgan fingerprint density at radius 2 is 2.04 bits per heavy atom. The largest absolute Gasteiger partial charge is 0.488 e. The van der Waals surface area contributed by atoms with Crippen molar-refractivity contribution in [2.75, 3.05) is 6.61 Å². The lowest BCUT2D eigenvalue weighted by atomic mass is 10.1. The van der Waals surface area contributed by atoms with Gasteiger partial charge >= 0.3 is 5.97 Å². The average Bonchev–Trinajstić information content (AvgIpc) is 3.02. The number of cyclic esters (lactones) is 1. The van der Waals surface area contributed by atoms with Crippen molar-refractivity contribution in [3.63, 3.8) is 0 Å². The Morgan fingerprint density at radius 1 is 1.22 bits per heavy atom. The van der Waals surface area contributed by atoms with Crippen molar-refractivity contribution >= 4 is 35.2 Å². The van der Waals surface area contributed by atoms with Gasteiger partial charge in [0.05, 0.1) is 4.92 Å². The third-order valence-corrected chi connectivity index (χ3v) is 4.31. The lowest BCUT2D eigenvalue weighted by molar-refractivity contribution is -0.384. The summed E-state index contributed by atoms with van der Waals surface area (Å²) in [6.07, 6.45) is 3.48. The number of aliphatic imine (C=N–C) groups is 1. The van der Waals surface area contributed by atoms with Gasteiger partial charge in [0.1, 0.15) is 17.4 Å². The van der Waals surface area contributed by atoms with Gasteiger partial charge in [-0.3, -0.25) is 10.1 Å². The second kappa shape index (κ2) is 6.69. The number of nitro benzene ring substituents is 1. The van der Waals surface area contributed by atoms with E-state index < -0.39 is 10.9 Å². The topological polar surface area (TPSA) is 91.0 Å². The molecule has 27 heavy (non-hydrogen) atoms. The third-order valence-electron chi connectivity index (χ3n) is 3.99. The van der Waals surface area contributed by atoms with E-state index in [1.807, 2.05) is 30.3 Å². The van der Waals surface area contributed by atoms with Crippen molar-refractivity contribution in [3.8, 4) is 5.75 Å². The number of halogens is 1. The van der Waals surface area contributed by atoms with Gasteiger partial charge in [-0.2, -0.15) is 0 Å². The van der Waals surface area contributed by atoms with Crippen LogP contribution >= 0.6 is 11.6 Å². The number of rotatable bonds is 3. The van der Waals surface area contributed by atoms with Gasteiger partial charge in [-0.1, -0.05) is 29.8 Å². The van der Waals surface area contributed by atoms with Crippen LogP contribution in [0.5, 0.6) is 5.75 Å². The van der Waals surface area contributed by atoms with E-state index in [2.05, 4.69) is 4.99 Å². The van der Waals surface area contributed by atoms with Gasteiger partial charge in [0.2, 0.25) is 5.90 Å². The van der Waals surface area contributed by atoms with Gasteiger partial charge in [-0.15, -0.1) is 0 Å². The highest BCUT2D eigenvalue weighted by Crippen LogP contribution is 2.29. The number of esters is 1. The number of carbonyl (C=O) groups excluding carboxylic acids is 1. The molecule has 0 aliphatic carbocycles. The molecule has 0 N–H and O–H groups in total. The minimum absolute atomic E-state index is 0.00684. The minimum Gasteiger partial charge on any atom is -0.488 e.